The molecule has 4 atom stereocenters. The number of halogens is 2. The molecule has 9 nitrogen and oxygen atoms in total. The molecular formula is C29H35BrFN5O4. The highest BCUT2D eigenvalue weighted by atomic mass is 79.9. The summed E-state index contributed by atoms with van der Waals surface area (Å²) in [6, 6.07) is 1.48. The molecule has 0 radical (unpaired) electrons. The Balaban J connectivity index is 1.26. The summed E-state index contributed by atoms with van der Waals surface area (Å²) in [6.07, 6.45) is 4.44. The van der Waals surface area contributed by atoms with Crippen molar-refractivity contribution in [2.75, 3.05) is 37.7 Å². The summed E-state index contributed by atoms with van der Waals surface area (Å²) in [7, 11) is 0. The molecule has 6 heterocycles. The molecule has 0 saturated carbocycles. The van der Waals surface area contributed by atoms with Crippen LogP contribution in [0.5, 0.6) is 11.8 Å². The number of amides is 1. The molecular weight excluding hydrogens is 581 g/mol. The fourth-order valence-corrected chi connectivity index (χ4v) is 7.86. The fourth-order valence-electron chi connectivity index (χ4n) is 7.47. The van der Waals surface area contributed by atoms with Crippen molar-refractivity contribution in [3.8, 4) is 11.8 Å². The number of carbonyl (C=O) groups is 1. The van der Waals surface area contributed by atoms with E-state index in [0.717, 1.165) is 45.2 Å². The summed E-state index contributed by atoms with van der Waals surface area (Å²) in [4.78, 5) is 29.3. The van der Waals surface area contributed by atoms with Gasteiger partial charge >= 0.3 is 12.1 Å². The van der Waals surface area contributed by atoms with Gasteiger partial charge in [0.25, 0.3) is 0 Å². The van der Waals surface area contributed by atoms with Crippen molar-refractivity contribution < 1.29 is 23.4 Å². The number of anilines is 1. The molecule has 5 aliphatic heterocycles. The molecule has 1 amide bonds. The van der Waals surface area contributed by atoms with E-state index in [0.29, 0.717) is 36.7 Å². The Morgan fingerprint density at radius 1 is 1.30 bits per heavy atom. The third kappa shape index (κ3) is 4.14. The molecule has 0 N–H and O–H groups in total. The quantitative estimate of drug-likeness (QED) is 0.444. The van der Waals surface area contributed by atoms with Gasteiger partial charge in [0.05, 0.1) is 33.5 Å². The lowest BCUT2D eigenvalue weighted by Crippen LogP contribution is -2.63. The first kappa shape index (κ1) is 26.3. The Kier molecular flexibility index (Phi) is 6.02. The first-order chi connectivity index (χ1) is 19.0. The third-order valence-electron chi connectivity index (χ3n) is 9.08. The summed E-state index contributed by atoms with van der Waals surface area (Å²) >= 11 is 3.35. The number of nitrogens with zero attached hydrogens (tertiary/aromatic N) is 5. The Labute approximate surface area is 241 Å². The zero-order valence-corrected chi connectivity index (χ0v) is 24.8. The number of carbonyl (C=O) groups excluding carboxylic acids is 1. The molecule has 0 unspecified atom stereocenters. The van der Waals surface area contributed by atoms with E-state index in [1.165, 1.54) is 5.57 Å². The highest BCUT2D eigenvalue weighted by Gasteiger charge is 2.52. The van der Waals surface area contributed by atoms with Crippen LogP contribution in [0.1, 0.15) is 52.9 Å². The van der Waals surface area contributed by atoms with Crippen molar-refractivity contribution in [1.29, 1.82) is 0 Å². The van der Waals surface area contributed by atoms with Crippen molar-refractivity contribution in [2.45, 2.75) is 82.1 Å². The lowest BCUT2D eigenvalue weighted by molar-refractivity contribution is 0.00545. The Hall–Kier alpha value is -2.66. The number of aromatic nitrogens is 2. The van der Waals surface area contributed by atoms with E-state index < -0.39 is 11.4 Å². The average molecular weight is 617 g/mol. The number of ether oxygens (including phenoxy) is 3. The average Bonchev–Trinajstić information content (AvgIpc) is 3.48. The zero-order valence-electron chi connectivity index (χ0n) is 23.2. The van der Waals surface area contributed by atoms with Gasteiger partial charge in [0, 0.05) is 13.1 Å². The van der Waals surface area contributed by atoms with Gasteiger partial charge in [0.15, 0.2) is 5.82 Å². The number of hydrogen-bond acceptors (Lipinski definition) is 8. The van der Waals surface area contributed by atoms with Crippen molar-refractivity contribution in [2.24, 2.45) is 0 Å². The zero-order chi connectivity index (χ0) is 28.0. The van der Waals surface area contributed by atoms with Gasteiger partial charge in [-0.05, 0) is 81.4 Å². The second kappa shape index (κ2) is 9.17. The van der Waals surface area contributed by atoms with E-state index in [2.05, 4.69) is 37.3 Å². The van der Waals surface area contributed by atoms with Crippen LogP contribution in [-0.2, 0) is 4.74 Å². The van der Waals surface area contributed by atoms with Crippen LogP contribution in [-0.4, -0.2) is 88.0 Å². The van der Waals surface area contributed by atoms with Gasteiger partial charge in [-0.15, -0.1) is 0 Å². The topological polar surface area (TPSA) is 80.3 Å². The molecule has 0 spiro atoms. The van der Waals surface area contributed by atoms with Gasteiger partial charge < -0.3 is 19.1 Å². The number of benzene rings is 1. The van der Waals surface area contributed by atoms with Gasteiger partial charge in [-0.3, -0.25) is 9.80 Å². The minimum atomic E-state index is -0.585. The van der Waals surface area contributed by atoms with E-state index in [1.54, 1.807) is 6.07 Å². The molecule has 2 aromatic rings. The number of hydrogen-bond donors (Lipinski definition) is 0. The Bertz CT molecular complexity index is 1420. The van der Waals surface area contributed by atoms with Crippen molar-refractivity contribution >= 4 is 38.7 Å². The molecule has 4 fully saturated rings. The molecule has 2 bridgehead atoms. The predicted molar refractivity (Wildman–Crippen MR) is 151 cm³/mol. The molecule has 5 aliphatic rings. The second-order valence-electron chi connectivity index (χ2n) is 12.9. The lowest BCUT2D eigenvalue weighted by Gasteiger charge is -2.46. The number of piperazine rings is 1. The van der Waals surface area contributed by atoms with Crippen LogP contribution in [0.25, 0.3) is 10.9 Å². The maximum Gasteiger partial charge on any atom is 0.410 e. The van der Waals surface area contributed by atoms with Crippen LogP contribution >= 0.6 is 15.9 Å². The van der Waals surface area contributed by atoms with Crippen LogP contribution in [0.15, 0.2) is 22.7 Å². The van der Waals surface area contributed by atoms with Gasteiger partial charge in [0.1, 0.15) is 35.9 Å². The summed E-state index contributed by atoms with van der Waals surface area (Å²) in [6.45, 7) is 13.1. The van der Waals surface area contributed by atoms with Crippen LogP contribution in [0, 0.1) is 5.82 Å². The van der Waals surface area contributed by atoms with E-state index in [9.17, 15) is 4.79 Å². The van der Waals surface area contributed by atoms with E-state index in [1.807, 2.05) is 25.7 Å². The summed E-state index contributed by atoms with van der Waals surface area (Å²) in [5.41, 5.74) is 0.698. The van der Waals surface area contributed by atoms with Crippen LogP contribution in [0.2, 0.25) is 0 Å². The summed E-state index contributed by atoms with van der Waals surface area (Å²) < 4.78 is 34.3. The Morgan fingerprint density at radius 2 is 2.12 bits per heavy atom. The largest absolute Gasteiger partial charge is 0.490 e. The lowest BCUT2D eigenvalue weighted by atomic mass is 9.94. The number of fused-ring (bicyclic) bond motifs is 6. The minimum absolute atomic E-state index is 0.0391. The van der Waals surface area contributed by atoms with Crippen molar-refractivity contribution in [3.63, 3.8) is 0 Å². The van der Waals surface area contributed by atoms with Crippen LogP contribution in [0.4, 0.5) is 15.0 Å². The predicted octanol–water partition coefficient (Wildman–Crippen LogP) is 5.05. The second-order valence-corrected chi connectivity index (χ2v) is 13.8. The normalized spacial score (nSPS) is 29.3. The maximum absolute atomic E-state index is 15.6. The van der Waals surface area contributed by atoms with Gasteiger partial charge in [-0.1, -0.05) is 12.2 Å². The smallest absolute Gasteiger partial charge is 0.410 e. The molecule has 7 rings (SSSR count). The van der Waals surface area contributed by atoms with E-state index in [-0.39, 0.29) is 45.8 Å². The first-order valence-corrected chi connectivity index (χ1v) is 15.0. The van der Waals surface area contributed by atoms with Crippen molar-refractivity contribution in [1.82, 2.24) is 19.8 Å². The van der Waals surface area contributed by atoms with Crippen LogP contribution < -0.4 is 14.4 Å². The molecule has 40 heavy (non-hydrogen) atoms. The summed E-state index contributed by atoms with van der Waals surface area (Å²) in [5.74, 6) is 0.646. The summed E-state index contributed by atoms with van der Waals surface area (Å²) in [5, 5.41) is 0.538. The van der Waals surface area contributed by atoms with Gasteiger partial charge in [-0.2, -0.15) is 9.97 Å². The van der Waals surface area contributed by atoms with Gasteiger partial charge in [0.2, 0.25) is 0 Å². The van der Waals surface area contributed by atoms with Crippen molar-refractivity contribution in [3.05, 3.63) is 28.5 Å². The fraction of sp³-hybridized carbons (Fsp3) is 0.621. The first-order valence-electron chi connectivity index (χ1n) is 14.2. The SMILES string of the molecule is C=C1CN2CCC[C@@]2(COc2nc3c4c(cc(Br)c(F)c4n2)OC[C@@H]2[C@@H]4CC[C@H](CN32)N4C(=O)OC(C)(C)C)C1. The molecule has 11 heteroatoms. The number of rotatable bonds is 3. The van der Waals surface area contributed by atoms with E-state index >= 15 is 4.39 Å². The Morgan fingerprint density at radius 3 is 2.92 bits per heavy atom. The maximum atomic E-state index is 15.6. The molecule has 1 aromatic heterocycles. The van der Waals surface area contributed by atoms with E-state index in [4.69, 9.17) is 19.2 Å². The molecule has 4 saturated heterocycles. The third-order valence-corrected chi connectivity index (χ3v) is 9.66. The highest BCUT2D eigenvalue weighted by Crippen LogP contribution is 2.46. The van der Waals surface area contributed by atoms with Gasteiger partial charge in [-0.25, -0.2) is 9.18 Å². The molecule has 0 aliphatic carbocycles. The molecule has 1 aromatic carbocycles. The highest BCUT2D eigenvalue weighted by molar-refractivity contribution is 9.10. The molecule has 214 valence electrons. The minimum Gasteiger partial charge on any atom is -0.490 e. The monoisotopic (exact) mass is 615 g/mol. The standard InChI is InChI=1S/C29H35BrFN5O4/c1-16-11-29(8-5-9-34(29)12-16)15-39-26-32-24-22-21(10-18(30)23(24)31)38-14-20-19-7-6-17(13-35(20)25(22)33-26)36(19)27(37)40-28(2,3)4/h10,17,19-20H,1,5-9,11-15H2,2-4H3/t17-,19+,20-,29+/m1/s1. The van der Waals surface area contributed by atoms with Crippen LogP contribution in [0.3, 0.4) is 0 Å².